The molecule has 3 heteroatoms. The Bertz CT molecular complexity index is 923. The molecule has 0 unspecified atom stereocenters. The molecule has 4 rings (SSSR count). The molecule has 1 aliphatic heterocycles. The Morgan fingerprint density at radius 3 is 2.54 bits per heavy atom. The van der Waals surface area contributed by atoms with E-state index in [4.69, 9.17) is 0 Å². The number of carbonyl (C=O) groups excluding carboxylic acids is 1. The number of hydrogen-bond acceptors (Lipinski definition) is 1. The van der Waals surface area contributed by atoms with Gasteiger partial charge in [0.1, 0.15) is 5.69 Å². The molecule has 24 heavy (non-hydrogen) atoms. The van der Waals surface area contributed by atoms with E-state index in [0.717, 1.165) is 36.3 Å². The maximum Gasteiger partial charge on any atom is 0.271 e. The molecule has 2 heterocycles. The molecule has 0 N–H and O–H groups in total. The van der Waals surface area contributed by atoms with Crippen molar-refractivity contribution < 1.29 is 4.79 Å². The van der Waals surface area contributed by atoms with Gasteiger partial charge in [-0.25, -0.2) is 0 Å². The van der Waals surface area contributed by atoms with Gasteiger partial charge in [-0.3, -0.25) is 4.79 Å². The minimum absolute atomic E-state index is 0.153. The van der Waals surface area contributed by atoms with Crippen molar-refractivity contribution in [2.75, 3.05) is 6.54 Å². The van der Waals surface area contributed by atoms with Crippen molar-refractivity contribution in [3.8, 4) is 0 Å². The minimum Gasteiger partial charge on any atom is -0.337 e. The van der Waals surface area contributed by atoms with Crippen molar-refractivity contribution in [1.29, 1.82) is 0 Å². The summed E-state index contributed by atoms with van der Waals surface area (Å²) in [5.74, 6) is 0.153. The van der Waals surface area contributed by atoms with Crippen LogP contribution in [0.15, 0.2) is 48.5 Å². The predicted molar refractivity (Wildman–Crippen MR) is 97.2 cm³/mol. The Balaban J connectivity index is 1.76. The molecule has 0 aliphatic carbocycles. The number of fused-ring (bicyclic) bond motifs is 2. The van der Waals surface area contributed by atoms with E-state index >= 15 is 0 Å². The topological polar surface area (TPSA) is 25.2 Å². The molecule has 3 nitrogen and oxygen atoms in total. The Kier molecular flexibility index (Phi) is 3.64. The van der Waals surface area contributed by atoms with E-state index in [9.17, 15) is 4.79 Å². The van der Waals surface area contributed by atoms with Crippen LogP contribution in [0.3, 0.4) is 0 Å². The van der Waals surface area contributed by atoms with E-state index < -0.39 is 0 Å². The Morgan fingerprint density at radius 2 is 1.75 bits per heavy atom. The van der Waals surface area contributed by atoms with Crippen LogP contribution in [0.5, 0.6) is 0 Å². The van der Waals surface area contributed by atoms with Gasteiger partial charge in [0.25, 0.3) is 5.91 Å². The van der Waals surface area contributed by atoms with Crippen molar-refractivity contribution in [3.05, 3.63) is 70.9 Å². The van der Waals surface area contributed by atoms with Crippen LogP contribution in [0.4, 0.5) is 0 Å². The van der Waals surface area contributed by atoms with Gasteiger partial charge in [-0.15, -0.1) is 0 Å². The molecule has 0 bridgehead atoms. The van der Waals surface area contributed by atoms with Gasteiger partial charge in [-0.1, -0.05) is 42.5 Å². The maximum atomic E-state index is 13.3. The van der Waals surface area contributed by atoms with E-state index in [-0.39, 0.29) is 5.91 Å². The number of benzene rings is 2. The van der Waals surface area contributed by atoms with Crippen molar-refractivity contribution in [2.24, 2.45) is 0 Å². The molecule has 0 atom stereocenters. The second-order valence-electron chi connectivity index (χ2n) is 6.48. The third-order valence-corrected chi connectivity index (χ3v) is 5.16. The first-order valence-corrected chi connectivity index (χ1v) is 8.64. The molecule has 0 radical (unpaired) electrons. The van der Waals surface area contributed by atoms with Crippen molar-refractivity contribution in [1.82, 2.24) is 9.47 Å². The number of rotatable bonds is 2. The van der Waals surface area contributed by atoms with E-state index in [1.807, 2.05) is 17.0 Å². The van der Waals surface area contributed by atoms with E-state index in [0.29, 0.717) is 6.54 Å². The standard InChI is InChI=1S/C21H22N2O/c1-3-23-19-11-7-6-10-18(19)15(2)20(23)21(24)22-13-12-16-8-4-5-9-17(16)14-22/h4-11H,3,12-14H2,1-2H3. The van der Waals surface area contributed by atoms with E-state index in [1.165, 1.54) is 16.5 Å². The van der Waals surface area contributed by atoms with Crippen LogP contribution in [0.2, 0.25) is 0 Å². The molecule has 122 valence electrons. The first-order valence-electron chi connectivity index (χ1n) is 8.64. The lowest BCUT2D eigenvalue weighted by atomic mass is 9.99. The fourth-order valence-electron chi connectivity index (χ4n) is 3.90. The molecule has 0 spiro atoms. The van der Waals surface area contributed by atoms with E-state index in [1.54, 1.807) is 0 Å². The van der Waals surface area contributed by atoms with Gasteiger partial charge >= 0.3 is 0 Å². The smallest absolute Gasteiger partial charge is 0.271 e. The molecule has 1 amide bonds. The fourth-order valence-corrected chi connectivity index (χ4v) is 3.90. The Morgan fingerprint density at radius 1 is 1.04 bits per heavy atom. The highest BCUT2D eigenvalue weighted by atomic mass is 16.2. The van der Waals surface area contributed by atoms with Crippen LogP contribution in [0.1, 0.15) is 34.1 Å². The highest BCUT2D eigenvalue weighted by Gasteiger charge is 2.26. The van der Waals surface area contributed by atoms with Crippen LogP contribution in [-0.4, -0.2) is 21.9 Å². The lowest BCUT2D eigenvalue weighted by molar-refractivity contribution is 0.0723. The summed E-state index contributed by atoms with van der Waals surface area (Å²) in [6.45, 7) is 6.48. The third kappa shape index (κ3) is 2.23. The summed E-state index contributed by atoms with van der Waals surface area (Å²) in [7, 11) is 0. The van der Waals surface area contributed by atoms with Gasteiger partial charge in [0.2, 0.25) is 0 Å². The number of nitrogens with zero attached hydrogens (tertiary/aromatic N) is 2. The zero-order valence-corrected chi connectivity index (χ0v) is 14.2. The van der Waals surface area contributed by atoms with Gasteiger partial charge in [-0.05, 0) is 43.0 Å². The van der Waals surface area contributed by atoms with E-state index in [2.05, 4.69) is 54.8 Å². The number of amides is 1. The summed E-state index contributed by atoms with van der Waals surface area (Å²) in [5, 5.41) is 1.18. The van der Waals surface area contributed by atoms with Gasteiger partial charge in [-0.2, -0.15) is 0 Å². The average Bonchev–Trinajstić information content (AvgIpc) is 2.93. The second-order valence-corrected chi connectivity index (χ2v) is 6.48. The summed E-state index contributed by atoms with van der Waals surface area (Å²) < 4.78 is 2.16. The molecule has 0 saturated heterocycles. The van der Waals surface area contributed by atoms with Gasteiger partial charge in [0.15, 0.2) is 0 Å². The summed E-state index contributed by atoms with van der Waals surface area (Å²) in [6.07, 6.45) is 0.938. The molecule has 0 saturated carbocycles. The lowest BCUT2D eigenvalue weighted by Crippen LogP contribution is -2.37. The number of aromatic nitrogens is 1. The number of carbonyl (C=O) groups is 1. The molecule has 2 aromatic carbocycles. The van der Waals surface area contributed by atoms with Crippen LogP contribution >= 0.6 is 0 Å². The van der Waals surface area contributed by atoms with Gasteiger partial charge in [0.05, 0.1) is 0 Å². The zero-order valence-electron chi connectivity index (χ0n) is 14.2. The Labute approximate surface area is 142 Å². The fraction of sp³-hybridized carbons (Fsp3) is 0.286. The Hall–Kier alpha value is -2.55. The normalized spacial score (nSPS) is 14.0. The number of aryl methyl sites for hydroxylation is 2. The first-order chi connectivity index (χ1) is 11.7. The summed E-state index contributed by atoms with van der Waals surface area (Å²) in [5.41, 5.74) is 5.73. The SMILES string of the molecule is CCn1c(C(=O)N2CCc3ccccc3C2)c(C)c2ccccc21. The summed E-state index contributed by atoms with van der Waals surface area (Å²) >= 11 is 0. The highest BCUT2D eigenvalue weighted by Crippen LogP contribution is 2.28. The number of hydrogen-bond donors (Lipinski definition) is 0. The molecule has 1 aromatic heterocycles. The largest absolute Gasteiger partial charge is 0.337 e. The maximum absolute atomic E-state index is 13.3. The quantitative estimate of drug-likeness (QED) is 0.696. The second kappa shape index (κ2) is 5.82. The highest BCUT2D eigenvalue weighted by molar-refractivity contribution is 6.01. The van der Waals surface area contributed by atoms with Crippen LogP contribution < -0.4 is 0 Å². The van der Waals surface area contributed by atoms with Crippen LogP contribution in [-0.2, 0) is 19.5 Å². The van der Waals surface area contributed by atoms with Crippen molar-refractivity contribution >= 4 is 16.8 Å². The predicted octanol–water partition coefficient (Wildman–Crippen LogP) is 4.17. The van der Waals surface area contributed by atoms with Crippen LogP contribution in [0.25, 0.3) is 10.9 Å². The zero-order chi connectivity index (χ0) is 16.7. The monoisotopic (exact) mass is 318 g/mol. The van der Waals surface area contributed by atoms with Gasteiger partial charge < -0.3 is 9.47 Å². The average molecular weight is 318 g/mol. The molecule has 3 aromatic rings. The molecule has 1 aliphatic rings. The molecular weight excluding hydrogens is 296 g/mol. The van der Waals surface area contributed by atoms with Crippen molar-refractivity contribution in [3.63, 3.8) is 0 Å². The van der Waals surface area contributed by atoms with Gasteiger partial charge in [0, 0.05) is 30.5 Å². The summed E-state index contributed by atoms with van der Waals surface area (Å²) in [4.78, 5) is 15.3. The number of para-hydroxylation sites is 1. The van der Waals surface area contributed by atoms with Crippen LogP contribution in [0, 0.1) is 6.92 Å². The summed E-state index contributed by atoms with van der Waals surface area (Å²) in [6, 6.07) is 16.7. The first kappa shape index (κ1) is 15.0. The third-order valence-electron chi connectivity index (χ3n) is 5.16. The van der Waals surface area contributed by atoms with Crippen molar-refractivity contribution in [2.45, 2.75) is 33.4 Å². The lowest BCUT2D eigenvalue weighted by Gasteiger charge is -2.29. The minimum atomic E-state index is 0.153. The molecular formula is C21H22N2O. The molecule has 0 fully saturated rings.